The standard InChI is InChI=1S/C21H20N2O6S/c1-3-29-21(24)20(18-10-6-8-15-7-4-5-9-17(15)18)22-30(27,28)16-12-11-14(2)19(13-16)23(25)26/h4-13,20,22H,3H2,1-2H3. The summed E-state index contributed by atoms with van der Waals surface area (Å²) in [6.45, 7) is 3.20. The Morgan fingerprint density at radius 3 is 2.53 bits per heavy atom. The number of nitro groups is 1. The minimum absolute atomic E-state index is 0.0673. The zero-order valence-electron chi connectivity index (χ0n) is 16.4. The highest BCUT2D eigenvalue weighted by Crippen LogP contribution is 2.28. The maximum atomic E-state index is 13.0. The van der Waals surface area contributed by atoms with Gasteiger partial charge in [-0.25, -0.2) is 13.2 Å². The van der Waals surface area contributed by atoms with Crippen molar-refractivity contribution in [2.45, 2.75) is 24.8 Å². The molecule has 0 radical (unpaired) electrons. The molecule has 0 heterocycles. The van der Waals surface area contributed by atoms with Gasteiger partial charge in [0.05, 0.1) is 16.4 Å². The molecule has 0 saturated heterocycles. The van der Waals surface area contributed by atoms with E-state index in [1.807, 2.05) is 18.2 Å². The van der Waals surface area contributed by atoms with E-state index >= 15 is 0 Å². The van der Waals surface area contributed by atoms with Crippen molar-refractivity contribution in [3.8, 4) is 0 Å². The van der Waals surface area contributed by atoms with Crippen molar-refractivity contribution in [1.82, 2.24) is 4.72 Å². The maximum Gasteiger partial charge on any atom is 0.328 e. The Hall–Kier alpha value is -3.30. The van der Waals surface area contributed by atoms with Crippen LogP contribution in [0.5, 0.6) is 0 Å². The number of nitrogens with zero attached hydrogens (tertiary/aromatic N) is 1. The van der Waals surface area contributed by atoms with Gasteiger partial charge in [-0.3, -0.25) is 10.1 Å². The number of hydrogen-bond donors (Lipinski definition) is 1. The topological polar surface area (TPSA) is 116 Å². The van der Waals surface area contributed by atoms with Crippen LogP contribution in [0.4, 0.5) is 5.69 Å². The number of nitrogens with one attached hydrogen (secondary N) is 1. The second-order valence-electron chi connectivity index (χ2n) is 6.58. The fourth-order valence-corrected chi connectivity index (χ4v) is 4.33. The lowest BCUT2D eigenvalue weighted by atomic mass is 9.99. The van der Waals surface area contributed by atoms with Gasteiger partial charge in [0.15, 0.2) is 0 Å². The Bertz CT molecular complexity index is 1220. The summed E-state index contributed by atoms with van der Waals surface area (Å²) in [6, 6.07) is 14.7. The number of rotatable bonds is 7. The van der Waals surface area contributed by atoms with E-state index in [0.717, 1.165) is 11.5 Å². The first-order valence-corrected chi connectivity index (χ1v) is 10.6. The first-order chi connectivity index (χ1) is 14.2. The summed E-state index contributed by atoms with van der Waals surface area (Å²) >= 11 is 0. The number of nitro benzene ring substituents is 1. The molecule has 0 saturated carbocycles. The summed E-state index contributed by atoms with van der Waals surface area (Å²) in [5.74, 6) is -0.765. The SMILES string of the molecule is CCOC(=O)C(NS(=O)(=O)c1ccc(C)c([N+](=O)[O-])c1)c1cccc2ccccc12. The van der Waals surface area contributed by atoms with Crippen LogP contribution in [0, 0.1) is 17.0 Å². The molecule has 0 amide bonds. The van der Waals surface area contributed by atoms with Gasteiger partial charge in [-0.05, 0) is 36.2 Å². The lowest BCUT2D eigenvalue weighted by Gasteiger charge is -2.19. The minimum atomic E-state index is -4.27. The fraction of sp³-hybridized carbons (Fsp3) is 0.190. The second kappa shape index (κ2) is 8.60. The van der Waals surface area contributed by atoms with Gasteiger partial charge < -0.3 is 4.74 Å². The monoisotopic (exact) mass is 428 g/mol. The molecule has 0 spiro atoms. The lowest BCUT2D eigenvalue weighted by molar-refractivity contribution is -0.385. The zero-order valence-corrected chi connectivity index (χ0v) is 17.2. The number of aryl methyl sites for hydroxylation is 1. The van der Waals surface area contributed by atoms with Crippen LogP contribution in [0.3, 0.4) is 0 Å². The molecule has 0 aliphatic rings. The van der Waals surface area contributed by atoms with E-state index in [-0.39, 0.29) is 17.2 Å². The number of carbonyl (C=O) groups excluding carboxylic acids is 1. The smallest absolute Gasteiger partial charge is 0.328 e. The van der Waals surface area contributed by atoms with E-state index in [2.05, 4.69) is 4.72 Å². The largest absolute Gasteiger partial charge is 0.465 e. The summed E-state index contributed by atoms with van der Waals surface area (Å²) in [6.07, 6.45) is 0. The molecule has 1 N–H and O–H groups in total. The molecule has 9 heteroatoms. The Morgan fingerprint density at radius 1 is 1.13 bits per heavy atom. The third-order valence-corrected chi connectivity index (χ3v) is 6.04. The Labute approximate surface area is 173 Å². The number of carbonyl (C=O) groups is 1. The van der Waals surface area contributed by atoms with E-state index in [4.69, 9.17) is 4.74 Å². The lowest BCUT2D eigenvalue weighted by Crippen LogP contribution is -2.35. The molecular formula is C21H20N2O6S. The van der Waals surface area contributed by atoms with Crippen LogP contribution in [-0.2, 0) is 19.6 Å². The molecule has 0 aromatic heterocycles. The van der Waals surface area contributed by atoms with Crippen molar-refractivity contribution in [3.05, 3.63) is 81.9 Å². The molecule has 8 nitrogen and oxygen atoms in total. The van der Waals surface area contributed by atoms with Crippen LogP contribution in [-0.4, -0.2) is 25.9 Å². The quantitative estimate of drug-likeness (QED) is 0.349. The van der Waals surface area contributed by atoms with Crippen molar-refractivity contribution in [2.24, 2.45) is 0 Å². The summed E-state index contributed by atoms with van der Waals surface area (Å²) in [5, 5.41) is 12.7. The van der Waals surface area contributed by atoms with Crippen LogP contribution in [0.2, 0.25) is 0 Å². The van der Waals surface area contributed by atoms with E-state index in [1.54, 1.807) is 31.2 Å². The zero-order chi connectivity index (χ0) is 21.9. The normalized spacial score (nSPS) is 12.5. The number of hydrogen-bond acceptors (Lipinski definition) is 6. The van der Waals surface area contributed by atoms with Crippen molar-refractivity contribution >= 4 is 32.5 Å². The first kappa shape index (κ1) is 21.4. The summed E-state index contributed by atoms with van der Waals surface area (Å²) < 4.78 is 33.5. The van der Waals surface area contributed by atoms with Gasteiger partial charge >= 0.3 is 5.97 Å². The van der Waals surface area contributed by atoms with Gasteiger partial charge in [-0.1, -0.05) is 48.5 Å². The van der Waals surface area contributed by atoms with Crippen LogP contribution < -0.4 is 4.72 Å². The highest BCUT2D eigenvalue weighted by Gasteiger charge is 2.30. The van der Waals surface area contributed by atoms with Crippen LogP contribution in [0.15, 0.2) is 65.6 Å². The third kappa shape index (κ3) is 4.32. The molecule has 0 fully saturated rings. The number of ether oxygens (including phenoxy) is 1. The predicted octanol–water partition coefficient (Wildman–Crippen LogP) is 3.64. The summed E-state index contributed by atoms with van der Waals surface area (Å²) in [5.41, 5.74) is 0.433. The molecule has 0 aliphatic carbocycles. The molecule has 0 aliphatic heterocycles. The highest BCUT2D eigenvalue weighted by molar-refractivity contribution is 7.89. The van der Waals surface area contributed by atoms with Crippen molar-refractivity contribution in [3.63, 3.8) is 0 Å². The molecule has 3 aromatic carbocycles. The molecule has 3 aromatic rings. The fourth-order valence-electron chi connectivity index (χ4n) is 3.14. The number of benzene rings is 3. The molecule has 156 valence electrons. The van der Waals surface area contributed by atoms with Crippen molar-refractivity contribution in [1.29, 1.82) is 0 Å². The van der Waals surface area contributed by atoms with Crippen molar-refractivity contribution in [2.75, 3.05) is 6.61 Å². The Balaban J connectivity index is 2.09. The Morgan fingerprint density at radius 2 is 1.83 bits per heavy atom. The summed E-state index contributed by atoms with van der Waals surface area (Å²) in [7, 11) is -4.27. The average molecular weight is 428 g/mol. The molecule has 0 bridgehead atoms. The Kier molecular flexibility index (Phi) is 6.14. The number of esters is 1. The van der Waals surface area contributed by atoms with E-state index in [9.17, 15) is 23.3 Å². The number of fused-ring (bicyclic) bond motifs is 1. The van der Waals surface area contributed by atoms with Gasteiger partial charge in [0.2, 0.25) is 10.0 Å². The van der Waals surface area contributed by atoms with Gasteiger partial charge in [0, 0.05) is 11.6 Å². The first-order valence-electron chi connectivity index (χ1n) is 9.16. The van der Waals surface area contributed by atoms with Gasteiger partial charge in [0.1, 0.15) is 6.04 Å². The maximum absolute atomic E-state index is 13.0. The van der Waals surface area contributed by atoms with Gasteiger partial charge in [-0.15, -0.1) is 0 Å². The average Bonchev–Trinajstić information content (AvgIpc) is 2.72. The second-order valence-corrected chi connectivity index (χ2v) is 8.29. The predicted molar refractivity (Wildman–Crippen MR) is 111 cm³/mol. The molecule has 30 heavy (non-hydrogen) atoms. The summed E-state index contributed by atoms with van der Waals surface area (Å²) in [4.78, 5) is 22.9. The molecule has 1 atom stereocenters. The van der Waals surface area contributed by atoms with Crippen LogP contribution in [0.1, 0.15) is 24.1 Å². The molecule has 3 rings (SSSR count). The molecule has 1 unspecified atom stereocenters. The minimum Gasteiger partial charge on any atom is -0.465 e. The van der Waals surface area contributed by atoms with E-state index in [0.29, 0.717) is 16.5 Å². The van der Waals surface area contributed by atoms with Crippen LogP contribution >= 0.6 is 0 Å². The van der Waals surface area contributed by atoms with Gasteiger partial charge in [-0.2, -0.15) is 4.72 Å². The molecular weight excluding hydrogens is 408 g/mol. The number of sulfonamides is 1. The van der Waals surface area contributed by atoms with E-state index in [1.165, 1.54) is 19.1 Å². The van der Waals surface area contributed by atoms with Gasteiger partial charge in [0.25, 0.3) is 5.69 Å². The van der Waals surface area contributed by atoms with Crippen molar-refractivity contribution < 1.29 is 22.9 Å². The van der Waals surface area contributed by atoms with E-state index < -0.39 is 27.0 Å². The third-order valence-electron chi connectivity index (χ3n) is 4.62. The van der Waals surface area contributed by atoms with Crippen LogP contribution in [0.25, 0.3) is 10.8 Å². The highest BCUT2D eigenvalue weighted by atomic mass is 32.2.